The Hall–Kier alpha value is -0.650. The molecule has 1 aromatic heterocycles. The molecule has 2 heterocycles. The maximum atomic E-state index is 5.41. The van der Waals surface area contributed by atoms with Crippen molar-refractivity contribution in [1.29, 1.82) is 0 Å². The third-order valence-electron chi connectivity index (χ3n) is 2.97. The van der Waals surface area contributed by atoms with Gasteiger partial charge in [0.25, 0.3) is 0 Å². The second kappa shape index (κ2) is 6.18. The van der Waals surface area contributed by atoms with E-state index in [-0.39, 0.29) is 12.4 Å². The summed E-state index contributed by atoms with van der Waals surface area (Å²) in [5.41, 5.74) is 5.41. The number of piperidine rings is 1. The fourth-order valence-electron chi connectivity index (χ4n) is 2.01. The summed E-state index contributed by atoms with van der Waals surface area (Å²) in [6, 6.07) is 0.624. The standard InChI is InChI=1S/C10H18N4O.ClH/c1-8-4-2-3-5-14(8)7-9-12-10(6-11)15-13-9;/h8H,2-7,11H2,1H3;1H. The van der Waals surface area contributed by atoms with Crippen molar-refractivity contribution in [2.45, 2.75) is 45.3 Å². The van der Waals surface area contributed by atoms with Crippen LogP contribution in [0.5, 0.6) is 0 Å². The first-order valence-corrected chi connectivity index (χ1v) is 5.55. The average molecular weight is 247 g/mol. The van der Waals surface area contributed by atoms with Crippen LogP contribution in [0.25, 0.3) is 0 Å². The monoisotopic (exact) mass is 246 g/mol. The smallest absolute Gasteiger partial charge is 0.240 e. The van der Waals surface area contributed by atoms with Crippen molar-refractivity contribution in [3.8, 4) is 0 Å². The van der Waals surface area contributed by atoms with Gasteiger partial charge in [0.05, 0.1) is 13.1 Å². The van der Waals surface area contributed by atoms with Crippen LogP contribution >= 0.6 is 12.4 Å². The highest BCUT2D eigenvalue weighted by molar-refractivity contribution is 5.85. The Kier molecular flexibility index (Phi) is 5.18. The van der Waals surface area contributed by atoms with E-state index < -0.39 is 0 Å². The zero-order chi connectivity index (χ0) is 10.7. The minimum atomic E-state index is 0. The van der Waals surface area contributed by atoms with E-state index in [1.165, 1.54) is 19.3 Å². The number of rotatable bonds is 3. The molecule has 1 fully saturated rings. The largest absolute Gasteiger partial charge is 0.338 e. The van der Waals surface area contributed by atoms with E-state index in [2.05, 4.69) is 22.0 Å². The van der Waals surface area contributed by atoms with Gasteiger partial charge in [0.2, 0.25) is 5.89 Å². The molecule has 0 bridgehead atoms. The number of likely N-dealkylation sites (tertiary alicyclic amines) is 1. The number of hydrogen-bond donors (Lipinski definition) is 1. The Labute approximate surface area is 102 Å². The summed E-state index contributed by atoms with van der Waals surface area (Å²) in [5.74, 6) is 1.28. The summed E-state index contributed by atoms with van der Waals surface area (Å²) in [4.78, 5) is 6.61. The van der Waals surface area contributed by atoms with Crippen LogP contribution in [0.15, 0.2) is 4.52 Å². The highest BCUT2D eigenvalue weighted by Crippen LogP contribution is 2.17. The summed E-state index contributed by atoms with van der Waals surface area (Å²) < 4.78 is 4.98. The molecule has 1 unspecified atom stereocenters. The summed E-state index contributed by atoms with van der Waals surface area (Å²) >= 11 is 0. The van der Waals surface area contributed by atoms with E-state index in [0.29, 0.717) is 18.5 Å². The van der Waals surface area contributed by atoms with Gasteiger partial charge in [0.15, 0.2) is 5.82 Å². The van der Waals surface area contributed by atoms with E-state index in [1.54, 1.807) is 0 Å². The second-order valence-corrected chi connectivity index (χ2v) is 4.12. The van der Waals surface area contributed by atoms with Crippen LogP contribution in [0.3, 0.4) is 0 Å². The summed E-state index contributed by atoms with van der Waals surface area (Å²) in [7, 11) is 0. The lowest BCUT2D eigenvalue weighted by Crippen LogP contribution is -2.37. The lowest BCUT2D eigenvalue weighted by Gasteiger charge is -2.32. The van der Waals surface area contributed by atoms with Crippen molar-refractivity contribution in [2.75, 3.05) is 6.54 Å². The predicted molar refractivity (Wildman–Crippen MR) is 63.2 cm³/mol. The van der Waals surface area contributed by atoms with Crippen molar-refractivity contribution >= 4 is 12.4 Å². The lowest BCUT2D eigenvalue weighted by molar-refractivity contribution is 0.147. The van der Waals surface area contributed by atoms with Crippen LogP contribution in [0.4, 0.5) is 0 Å². The van der Waals surface area contributed by atoms with Crippen molar-refractivity contribution in [1.82, 2.24) is 15.0 Å². The zero-order valence-electron chi connectivity index (χ0n) is 9.56. The molecule has 5 nitrogen and oxygen atoms in total. The molecule has 1 aliphatic rings. The SMILES string of the molecule is CC1CCCCN1Cc1noc(CN)n1.Cl. The van der Waals surface area contributed by atoms with Crippen LogP contribution in [0, 0.1) is 0 Å². The Balaban J connectivity index is 0.00000128. The molecule has 2 rings (SSSR count). The van der Waals surface area contributed by atoms with Gasteiger partial charge in [0.1, 0.15) is 0 Å². The maximum Gasteiger partial charge on any atom is 0.240 e. The van der Waals surface area contributed by atoms with Gasteiger partial charge in [-0.2, -0.15) is 4.98 Å². The molecule has 0 aliphatic carbocycles. The van der Waals surface area contributed by atoms with Gasteiger partial charge in [0, 0.05) is 6.04 Å². The van der Waals surface area contributed by atoms with E-state index in [0.717, 1.165) is 18.9 Å². The Morgan fingerprint density at radius 3 is 2.94 bits per heavy atom. The number of nitrogens with zero attached hydrogens (tertiary/aromatic N) is 3. The predicted octanol–water partition coefficient (Wildman–Crippen LogP) is 1.32. The van der Waals surface area contributed by atoms with Crippen molar-refractivity contribution < 1.29 is 4.52 Å². The van der Waals surface area contributed by atoms with Crippen LogP contribution in [-0.2, 0) is 13.1 Å². The van der Waals surface area contributed by atoms with E-state index in [9.17, 15) is 0 Å². The highest BCUT2D eigenvalue weighted by Gasteiger charge is 2.20. The molecule has 1 atom stereocenters. The fraction of sp³-hybridized carbons (Fsp3) is 0.800. The number of hydrogen-bond acceptors (Lipinski definition) is 5. The van der Waals surface area contributed by atoms with Crippen LogP contribution < -0.4 is 5.73 Å². The van der Waals surface area contributed by atoms with Crippen LogP contribution in [-0.4, -0.2) is 27.6 Å². The molecule has 6 heteroatoms. The Morgan fingerprint density at radius 1 is 1.50 bits per heavy atom. The fourth-order valence-corrected chi connectivity index (χ4v) is 2.01. The van der Waals surface area contributed by atoms with Gasteiger partial charge in [-0.05, 0) is 26.3 Å². The molecule has 0 saturated carbocycles. The molecular weight excluding hydrogens is 228 g/mol. The van der Waals surface area contributed by atoms with E-state index in [4.69, 9.17) is 10.3 Å². The first kappa shape index (κ1) is 13.4. The number of halogens is 1. The summed E-state index contributed by atoms with van der Waals surface area (Å²) in [6.45, 7) is 4.49. The molecule has 1 aliphatic heterocycles. The minimum absolute atomic E-state index is 0. The zero-order valence-corrected chi connectivity index (χ0v) is 10.4. The minimum Gasteiger partial charge on any atom is -0.338 e. The summed E-state index contributed by atoms with van der Waals surface area (Å²) in [5, 5.41) is 3.91. The molecule has 0 aromatic carbocycles. The molecule has 16 heavy (non-hydrogen) atoms. The molecule has 1 saturated heterocycles. The van der Waals surface area contributed by atoms with Gasteiger partial charge >= 0.3 is 0 Å². The van der Waals surface area contributed by atoms with Gasteiger partial charge < -0.3 is 10.3 Å². The third-order valence-corrected chi connectivity index (χ3v) is 2.97. The number of aromatic nitrogens is 2. The summed E-state index contributed by atoms with van der Waals surface area (Å²) in [6.07, 6.45) is 3.87. The first-order chi connectivity index (χ1) is 7.29. The lowest BCUT2D eigenvalue weighted by atomic mass is 10.0. The van der Waals surface area contributed by atoms with Crippen molar-refractivity contribution in [3.05, 3.63) is 11.7 Å². The highest BCUT2D eigenvalue weighted by atomic mass is 35.5. The molecular formula is C10H19ClN4O. The Morgan fingerprint density at radius 2 is 2.31 bits per heavy atom. The van der Waals surface area contributed by atoms with Crippen LogP contribution in [0.1, 0.15) is 37.9 Å². The average Bonchev–Trinajstić information content (AvgIpc) is 2.69. The van der Waals surface area contributed by atoms with Gasteiger partial charge in [-0.25, -0.2) is 0 Å². The van der Waals surface area contributed by atoms with Gasteiger partial charge in [-0.1, -0.05) is 11.6 Å². The first-order valence-electron chi connectivity index (χ1n) is 5.55. The van der Waals surface area contributed by atoms with E-state index >= 15 is 0 Å². The quantitative estimate of drug-likeness (QED) is 0.871. The van der Waals surface area contributed by atoms with Gasteiger partial charge in [-0.15, -0.1) is 12.4 Å². The molecule has 0 amide bonds. The molecule has 92 valence electrons. The van der Waals surface area contributed by atoms with Crippen LogP contribution in [0.2, 0.25) is 0 Å². The molecule has 1 aromatic rings. The molecule has 2 N–H and O–H groups in total. The topological polar surface area (TPSA) is 68.2 Å². The second-order valence-electron chi connectivity index (χ2n) is 4.12. The molecule has 0 spiro atoms. The van der Waals surface area contributed by atoms with Gasteiger partial charge in [-0.3, -0.25) is 4.90 Å². The maximum absolute atomic E-state index is 5.41. The Bertz CT molecular complexity index is 318. The normalized spacial score (nSPS) is 21.8. The van der Waals surface area contributed by atoms with Crippen molar-refractivity contribution in [3.63, 3.8) is 0 Å². The number of nitrogens with two attached hydrogens (primary N) is 1. The van der Waals surface area contributed by atoms with E-state index in [1.807, 2.05) is 0 Å². The molecule has 0 radical (unpaired) electrons. The van der Waals surface area contributed by atoms with Crippen molar-refractivity contribution in [2.24, 2.45) is 5.73 Å². The third kappa shape index (κ3) is 3.17.